The third-order valence-corrected chi connectivity index (χ3v) is 5.14. The van der Waals surface area contributed by atoms with Gasteiger partial charge in [-0.05, 0) is 17.3 Å². The van der Waals surface area contributed by atoms with Crippen LogP contribution in [0, 0.1) is 10.7 Å². The summed E-state index contributed by atoms with van der Waals surface area (Å²) in [5.41, 5.74) is 0.893. The van der Waals surface area contributed by atoms with Crippen molar-refractivity contribution in [1.29, 1.82) is 5.26 Å². The van der Waals surface area contributed by atoms with E-state index in [0.29, 0.717) is 5.75 Å². The highest BCUT2D eigenvalue weighted by molar-refractivity contribution is 8.03. The molecule has 1 unspecified atom stereocenters. The van der Waals surface area contributed by atoms with Gasteiger partial charge in [-0.3, -0.25) is 0 Å². The fraction of sp³-hybridized carbons (Fsp3) is 0.417. The number of aliphatic hydroxyl groups is 1. The van der Waals surface area contributed by atoms with Crippen LogP contribution in [0.15, 0.2) is 24.3 Å². The number of hydrogen-bond acceptors (Lipinski definition) is 3. The summed E-state index contributed by atoms with van der Waals surface area (Å²) < 4.78 is 0. The largest absolute Gasteiger partial charge is 0.388 e. The maximum Gasteiger partial charge on any atom is 0.133 e. The first-order valence-electron chi connectivity index (χ1n) is 5.24. The molecule has 0 aromatic heterocycles. The molecule has 0 aliphatic rings. The smallest absolute Gasteiger partial charge is 0.133 e. The number of thiocyanates is 1. The van der Waals surface area contributed by atoms with Crippen molar-refractivity contribution < 1.29 is 5.11 Å². The Morgan fingerprint density at radius 3 is 2.31 bits per heavy atom. The summed E-state index contributed by atoms with van der Waals surface area (Å²) in [5.74, 6) is 0.433. The molecule has 1 aromatic rings. The highest BCUT2D eigenvalue weighted by atomic mass is 32.2. The van der Waals surface area contributed by atoms with Crippen molar-refractivity contribution in [2.24, 2.45) is 0 Å². The van der Waals surface area contributed by atoms with Gasteiger partial charge in [-0.15, -0.1) is 0 Å². The maximum absolute atomic E-state index is 9.78. The van der Waals surface area contributed by atoms with Gasteiger partial charge in [0.05, 0.1) is 14.2 Å². The highest BCUT2D eigenvalue weighted by Gasteiger charge is 2.16. The maximum atomic E-state index is 9.78. The average Bonchev–Trinajstić information content (AvgIpc) is 2.25. The first-order chi connectivity index (χ1) is 7.45. The first kappa shape index (κ1) is 13.3. The van der Waals surface area contributed by atoms with Crippen LogP contribution in [0.1, 0.15) is 11.7 Å². The number of rotatable bonds is 4. The summed E-state index contributed by atoms with van der Waals surface area (Å²) in [4.78, 5) is 0. The Hall–Kier alpha value is -0.763. The van der Waals surface area contributed by atoms with E-state index < -0.39 is 14.2 Å². The topological polar surface area (TPSA) is 44.0 Å². The molecule has 0 saturated heterocycles. The summed E-state index contributed by atoms with van der Waals surface area (Å²) in [6.45, 7) is 6.89. The van der Waals surface area contributed by atoms with Crippen molar-refractivity contribution >= 4 is 25.0 Å². The van der Waals surface area contributed by atoms with Crippen LogP contribution in [0.5, 0.6) is 0 Å². The van der Waals surface area contributed by atoms with E-state index in [1.165, 1.54) is 5.19 Å². The molecule has 16 heavy (non-hydrogen) atoms. The SMILES string of the molecule is C[Si](C)(C)c1ccc(C(O)CSC#N)cc1. The van der Waals surface area contributed by atoms with Crippen LogP contribution in [0.3, 0.4) is 0 Å². The monoisotopic (exact) mass is 251 g/mol. The molecular weight excluding hydrogens is 234 g/mol. The molecule has 1 N–H and O–H groups in total. The van der Waals surface area contributed by atoms with Crippen molar-refractivity contribution in [1.82, 2.24) is 0 Å². The Morgan fingerprint density at radius 2 is 1.88 bits per heavy atom. The molecule has 4 heteroatoms. The van der Waals surface area contributed by atoms with Gasteiger partial charge in [-0.2, -0.15) is 5.26 Å². The molecule has 0 heterocycles. The Balaban J connectivity index is 2.76. The van der Waals surface area contributed by atoms with Crippen LogP contribution >= 0.6 is 11.8 Å². The summed E-state index contributed by atoms with van der Waals surface area (Å²) in [7, 11) is -1.26. The van der Waals surface area contributed by atoms with Gasteiger partial charge >= 0.3 is 0 Å². The molecule has 86 valence electrons. The van der Waals surface area contributed by atoms with Crippen molar-refractivity contribution in [2.75, 3.05) is 5.75 Å². The van der Waals surface area contributed by atoms with Gasteiger partial charge in [-0.1, -0.05) is 49.1 Å². The molecule has 0 spiro atoms. The van der Waals surface area contributed by atoms with E-state index in [9.17, 15) is 5.11 Å². The van der Waals surface area contributed by atoms with Crippen LogP contribution < -0.4 is 5.19 Å². The lowest BCUT2D eigenvalue weighted by molar-refractivity contribution is 0.204. The molecule has 1 aromatic carbocycles. The number of benzene rings is 1. The minimum absolute atomic E-state index is 0.433. The molecule has 1 rings (SSSR count). The van der Waals surface area contributed by atoms with Crippen molar-refractivity contribution in [3.05, 3.63) is 29.8 Å². The standard InChI is InChI=1S/C12H17NOSSi/c1-16(2,3)11-6-4-10(5-7-11)12(14)8-15-9-13/h4-7,12,14H,8H2,1-3H3. The van der Waals surface area contributed by atoms with Gasteiger partial charge in [0.15, 0.2) is 0 Å². The van der Waals surface area contributed by atoms with Crippen LogP contribution in [0.2, 0.25) is 19.6 Å². The Labute approximate surface area is 102 Å². The van der Waals surface area contributed by atoms with Gasteiger partial charge in [-0.25, -0.2) is 0 Å². The van der Waals surface area contributed by atoms with Crippen molar-refractivity contribution in [3.8, 4) is 5.40 Å². The van der Waals surface area contributed by atoms with Gasteiger partial charge < -0.3 is 5.11 Å². The minimum Gasteiger partial charge on any atom is -0.388 e. The lowest BCUT2D eigenvalue weighted by Gasteiger charge is -2.17. The zero-order chi connectivity index (χ0) is 12.2. The molecule has 0 fully saturated rings. The Kier molecular flexibility index (Phi) is 4.60. The number of hydrogen-bond donors (Lipinski definition) is 1. The van der Waals surface area contributed by atoms with E-state index in [1.807, 2.05) is 17.5 Å². The normalized spacial score (nSPS) is 13.2. The van der Waals surface area contributed by atoms with Crippen molar-refractivity contribution in [3.63, 3.8) is 0 Å². The van der Waals surface area contributed by atoms with E-state index >= 15 is 0 Å². The van der Waals surface area contributed by atoms with Crippen molar-refractivity contribution in [2.45, 2.75) is 25.7 Å². The number of nitrogens with zero attached hydrogens (tertiary/aromatic N) is 1. The van der Waals surface area contributed by atoms with Crippen LogP contribution in [0.25, 0.3) is 0 Å². The van der Waals surface area contributed by atoms with Crippen LogP contribution in [-0.4, -0.2) is 18.9 Å². The molecule has 0 radical (unpaired) electrons. The number of nitriles is 1. The summed E-state index contributed by atoms with van der Waals surface area (Å²) >= 11 is 1.09. The van der Waals surface area contributed by atoms with E-state index in [-0.39, 0.29) is 0 Å². The summed E-state index contributed by atoms with van der Waals surface area (Å²) in [6, 6.07) is 8.13. The molecule has 0 aliphatic carbocycles. The second-order valence-corrected chi connectivity index (χ2v) is 10.7. The number of aliphatic hydroxyl groups excluding tert-OH is 1. The van der Waals surface area contributed by atoms with E-state index in [0.717, 1.165) is 17.3 Å². The Bertz CT molecular complexity index is 377. The fourth-order valence-electron chi connectivity index (χ4n) is 1.42. The lowest BCUT2D eigenvalue weighted by Crippen LogP contribution is -2.37. The van der Waals surface area contributed by atoms with Gasteiger partial charge in [0, 0.05) is 5.75 Å². The second kappa shape index (κ2) is 5.53. The molecule has 0 aliphatic heterocycles. The van der Waals surface area contributed by atoms with Crippen LogP contribution in [-0.2, 0) is 0 Å². The highest BCUT2D eigenvalue weighted by Crippen LogP contribution is 2.17. The Morgan fingerprint density at radius 1 is 1.31 bits per heavy atom. The fourth-order valence-corrected chi connectivity index (χ4v) is 3.01. The predicted octanol–water partition coefficient (Wildman–Crippen LogP) is 2.48. The minimum atomic E-state index is -1.26. The molecule has 0 bridgehead atoms. The second-order valence-electron chi connectivity index (χ2n) is 4.79. The molecule has 2 nitrogen and oxygen atoms in total. The third-order valence-electron chi connectivity index (χ3n) is 2.47. The quantitative estimate of drug-likeness (QED) is 0.660. The summed E-state index contributed by atoms with van der Waals surface area (Å²) in [5, 5.41) is 21.6. The third kappa shape index (κ3) is 3.67. The van der Waals surface area contributed by atoms with Gasteiger partial charge in [0.2, 0.25) is 0 Å². The van der Waals surface area contributed by atoms with E-state index in [1.54, 1.807) is 0 Å². The first-order valence-corrected chi connectivity index (χ1v) is 9.73. The zero-order valence-corrected chi connectivity index (χ0v) is 11.7. The molecule has 0 saturated carbocycles. The molecular formula is C12H17NOSSi. The number of thioether (sulfide) groups is 1. The predicted molar refractivity (Wildman–Crippen MR) is 72.5 cm³/mol. The van der Waals surface area contributed by atoms with Crippen LogP contribution in [0.4, 0.5) is 0 Å². The average molecular weight is 251 g/mol. The van der Waals surface area contributed by atoms with Gasteiger partial charge in [0.1, 0.15) is 5.40 Å². The van der Waals surface area contributed by atoms with E-state index in [4.69, 9.17) is 5.26 Å². The van der Waals surface area contributed by atoms with E-state index in [2.05, 4.69) is 31.8 Å². The zero-order valence-electron chi connectivity index (χ0n) is 9.90. The summed E-state index contributed by atoms with van der Waals surface area (Å²) in [6.07, 6.45) is -0.541. The lowest BCUT2D eigenvalue weighted by atomic mass is 10.1. The van der Waals surface area contributed by atoms with Gasteiger partial charge in [0.25, 0.3) is 0 Å². The molecule has 0 amide bonds. The molecule has 1 atom stereocenters.